The van der Waals surface area contributed by atoms with Gasteiger partial charge in [0.2, 0.25) is 5.91 Å². The van der Waals surface area contributed by atoms with Crippen molar-refractivity contribution in [1.82, 2.24) is 0 Å². The second kappa shape index (κ2) is 13.4. The number of Topliss-reactive ketones (excluding diaryl/α,β-unsaturated/α-hetero) is 1. The molecule has 0 fully saturated rings. The van der Waals surface area contributed by atoms with Crippen molar-refractivity contribution in [2.24, 2.45) is 0 Å². The van der Waals surface area contributed by atoms with Gasteiger partial charge in [-0.3, -0.25) is 9.59 Å². The number of amides is 1. The smallest absolute Gasteiger partial charge is 0.248 e. The van der Waals surface area contributed by atoms with Gasteiger partial charge >= 0.3 is 0 Å². The van der Waals surface area contributed by atoms with Gasteiger partial charge in [-0.15, -0.1) is 0 Å². The number of benzene rings is 3. The Bertz CT molecular complexity index is 1060. The van der Waals surface area contributed by atoms with E-state index in [-0.39, 0.29) is 30.1 Å². The predicted octanol–water partition coefficient (Wildman–Crippen LogP) is 1.72. The topological polar surface area (TPSA) is 62.8 Å². The first-order valence-corrected chi connectivity index (χ1v) is 11.0. The molecule has 1 amide bonds. The van der Waals surface area contributed by atoms with E-state index in [4.69, 9.17) is 0 Å². The SMILES string of the molecule is CC(C)=CC(=O)Nc1cccc(C(=O)CC[NH2+]C(Cc2ccccc2)c2ccccc2)c1.[Cl-]. The maximum absolute atomic E-state index is 12.8. The lowest BCUT2D eigenvalue weighted by Crippen LogP contribution is -3.00. The molecule has 1 atom stereocenters. The molecule has 0 radical (unpaired) electrons. The lowest BCUT2D eigenvalue weighted by molar-refractivity contribution is -0.694. The predicted molar refractivity (Wildman–Crippen MR) is 130 cm³/mol. The van der Waals surface area contributed by atoms with Crippen LogP contribution in [0.2, 0.25) is 0 Å². The number of carbonyl (C=O) groups excluding carboxylic acids is 2. The molecule has 0 saturated carbocycles. The third kappa shape index (κ3) is 8.68. The third-order valence-electron chi connectivity index (χ3n) is 5.22. The Morgan fingerprint density at radius 1 is 0.909 bits per heavy atom. The largest absolute Gasteiger partial charge is 1.00 e. The first-order valence-electron chi connectivity index (χ1n) is 11.0. The molecule has 172 valence electrons. The zero-order valence-corrected chi connectivity index (χ0v) is 19.9. The second-order valence-corrected chi connectivity index (χ2v) is 8.20. The lowest BCUT2D eigenvalue weighted by Gasteiger charge is -2.16. The van der Waals surface area contributed by atoms with Crippen LogP contribution in [0.4, 0.5) is 5.69 Å². The average molecular weight is 463 g/mol. The third-order valence-corrected chi connectivity index (χ3v) is 5.22. The highest BCUT2D eigenvalue weighted by Gasteiger charge is 2.16. The summed E-state index contributed by atoms with van der Waals surface area (Å²) in [5, 5.41) is 5.07. The summed E-state index contributed by atoms with van der Waals surface area (Å²) in [6.45, 7) is 4.44. The summed E-state index contributed by atoms with van der Waals surface area (Å²) in [5.74, 6) is -0.111. The van der Waals surface area contributed by atoms with Crippen LogP contribution in [0.5, 0.6) is 0 Å². The van der Waals surface area contributed by atoms with Gasteiger partial charge in [-0.25, -0.2) is 0 Å². The Labute approximate surface area is 202 Å². The van der Waals surface area contributed by atoms with Gasteiger partial charge in [0.1, 0.15) is 6.04 Å². The fraction of sp³-hybridized carbons (Fsp3) is 0.214. The molecule has 0 aliphatic heterocycles. The van der Waals surface area contributed by atoms with Crippen LogP contribution >= 0.6 is 0 Å². The van der Waals surface area contributed by atoms with Crippen molar-refractivity contribution in [2.75, 3.05) is 11.9 Å². The number of allylic oxidation sites excluding steroid dienone is 1. The van der Waals surface area contributed by atoms with E-state index in [0.717, 1.165) is 12.0 Å². The molecule has 0 saturated heterocycles. The zero-order valence-electron chi connectivity index (χ0n) is 19.1. The molecule has 0 bridgehead atoms. The van der Waals surface area contributed by atoms with E-state index < -0.39 is 0 Å². The van der Waals surface area contributed by atoms with E-state index in [1.54, 1.807) is 30.3 Å². The number of nitrogens with one attached hydrogen (secondary N) is 1. The van der Waals surface area contributed by atoms with Crippen molar-refractivity contribution in [3.05, 3.63) is 113 Å². The number of nitrogens with two attached hydrogens (primary N) is 1. The number of anilines is 1. The Morgan fingerprint density at radius 2 is 1.58 bits per heavy atom. The van der Waals surface area contributed by atoms with Crippen LogP contribution in [0.1, 0.15) is 47.8 Å². The van der Waals surface area contributed by atoms with Gasteiger partial charge in [0.05, 0.1) is 13.0 Å². The number of rotatable bonds is 10. The van der Waals surface area contributed by atoms with Gasteiger partial charge in [0.15, 0.2) is 5.78 Å². The minimum atomic E-state index is -0.186. The van der Waals surface area contributed by atoms with Gasteiger partial charge in [0.25, 0.3) is 0 Å². The number of hydrogen-bond acceptors (Lipinski definition) is 2. The van der Waals surface area contributed by atoms with Crippen LogP contribution < -0.4 is 23.0 Å². The summed E-state index contributed by atoms with van der Waals surface area (Å²) in [5.41, 5.74) is 4.71. The van der Waals surface area contributed by atoms with Crippen molar-refractivity contribution < 1.29 is 27.3 Å². The Kier molecular flexibility index (Phi) is 10.5. The van der Waals surface area contributed by atoms with E-state index in [9.17, 15) is 9.59 Å². The van der Waals surface area contributed by atoms with Crippen LogP contribution in [0.15, 0.2) is 96.6 Å². The first kappa shape index (κ1) is 26.0. The van der Waals surface area contributed by atoms with E-state index in [1.165, 1.54) is 11.1 Å². The monoisotopic (exact) mass is 462 g/mol. The van der Waals surface area contributed by atoms with E-state index >= 15 is 0 Å². The summed E-state index contributed by atoms with van der Waals surface area (Å²) in [4.78, 5) is 24.8. The summed E-state index contributed by atoms with van der Waals surface area (Å²) < 4.78 is 0. The molecule has 33 heavy (non-hydrogen) atoms. The Balaban J connectivity index is 0.00000385. The van der Waals surface area contributed by atoms with Crippen LogP contribution in [0.3, 0.4) is 0 Å². The fourth-order valence-electron chi connectivity index (χ4n) is 3.68. The first-order chi connectivity index (χ1) is 15.5. The van der Waals surface area contributed by atoms with Gasteiger partial charge in [-0.05, 0) is 31.5 Å². The molecule has 5 heteroatoms. The van der Waals surface area contributed by atoms with Crippen molar-refractivity contribution in [2.45, 2.75) is 32.7 Å². The molecule has 1 unspecified atom stereocenters. The Hall–Kier alpha value is -3.21. The fourth-order valence-corrected chi connectivity index (χ4v) is 3.68. The van der Waals surface area contributed by atoms with Crippen molar-refractivity contribution >= 4 is 17.4 Å². The molecule has 3 N–H and O–H groups in total. The minimum absolute atomic E-state index is 0. The molecule has 0 heterocycles. The molecule has 3 aromatic rings. The quantitative estimate of drug-likeness (QED) is 0.356. The zero-order chi connectivity index (χ0) is 22.8. The molecule has 0 spiro atoms. The van der Waals surface area contributed by atoms with Gasteiger partial charge in [0, 0.05) is 29.3 Å². The van der Waals surface area contributed by atoms with Gasteiger partial charge in [-0.2, -0.15) is 0 Å². The van der Waals surface area contributed by atoms with Crippen LogP contribution in [-0.4, -0.2) is 18.2 Å². The average Bonchev–Trinajstić information content (AvgIpc) is 2.79. The summed E-state index contributed by atoms with van der Waals surface area (Å²) in [6, 6.07) is 28.3. The van der Waals surface area contributed by atoms with E-state index in [0.29, 0.717) is 24.2 Å². The minimum Gasteiger partial charge on any atom is -1.00 e. The second-order valence-electron chi connectivity index (χ2n) is 8.20. The lowest BCUT2D eigenvalue weighted by atomic mass is 9.98. The molecular formula is C28H31ClN2O2. The highest BCUT2D eigenvalue weighted by molar-refractivity contribution is 6.01. The summed E-state index contributed by atoms with van der Waals surface area (Å²) in [6.07, 6.45) is 2.88. The molecule has 0 aromatic heterocycles. The molecule has 3 rings (SSSR count). The highest BCUT2D eigenvalue weighted by atomic mass is 35.5. The van der Waals surface area contributed by atoms with Crippen LogP contribution in [0.25, 0.3) is 0 Å². The number of hydrogen-bond donors (Lipinski definition) is 2. The normalized spacial score (nSPS) is 11.1. The van der Waals surface area contributed by atoms with Crippen LogP contribution in [-0.2, 0) is 11.2 Å². The number of ketones is 1. The molecule has 3 aromatic carbocycles. The van der Waals surface area contributed by atoms with Crippen LogP contribution in [0, 0.1) is 0 Å². The van der Waals surface area contributed by atoms with Crippen molar-refractivity contribution in [3.63, 3.8) is 0 Å². The highest BCUT2D eigenvalue weighted by Crippen LogP contribution is 2.15. The van der Waals surface area contributed by atoms with E-state index in [2.05, 4.69) is 59.2 Å². The number of halogens is 1. The molecular weight excluding hydrogens is 432 g/mol. The molecule has 0 aliphatic rings. The molecule has 0 aliphatic carbocycles. The molecule has 4 nitrogen and oxygen atoms in total. The maximum atomic E-state index is 12.8. The standard InChI is InChI=1S/C28H30N2O2.ClH/c1-21(2)18-28(32)30-25-15-9-14-24(20-25)27(31)16-17-29-26(23-12-7-4-8-13-23)19-22-10-5-3-6-11-22;/h3-15,18,20,26,29H,16-17,19H2,1-2H3,(H,30,32);1H. The summed E-state index contributed by atoms with van der Waals surface area (Å²) >= 11 is 0. The Morgan fingerprint density at radius 3 is 2.24 bits per heavy atom. The van der Waals surface area contributed by atoms with Crippen molar-refractivity contribution in [3.8, 4) is 0 Å². The van der Waals surface area contributed by atoms with E-state index in [1.807, 2.05) is 26.0 Å². The van der Waals surface area contributed by atoms with Gasteiger partial charge in [-0.1, -0.05) is 78.4 Å². The number of quaternary nitrogens is 1. The number of carbonyl (C=O) groups is 2. The van der Waals surface area contributed by atoms with Gasteiger partial charge < -0.3 is 23.0 Å². The summed E-state index contributed by atoms with van der Waals surface area (Å²) in [7, 11) is 0. The van der Waals surface area contributed by atoms with Crippen molar-refractivity contribution in [1.29, 1.82) is 0 Å². The maximum Gasteiger partial charge on any atom is 0.248 e.